The van der Waals surface area contributed by atoms with Crippen LogP contribution in [0.3, 0.4) is 0 Å². The fraction of sp³-hybridized carbons (Fsp3) is 1.00. The fourth-order valence-electron chi connectivity index (χ4n) is 0. The molecule has 7 heavy (non-hydrogen) atoms. The van der Waals surface area contributed by atoms with Crippen LogP contribution in [0, 0.1) is 0 Å². The van der Waals surface area contributed by atoms with Crippen molar-refractivity contribution >= 4 is 22.6 Å². The van der Waals surface area contributed by atoms with Crippen LogP contribution in [0.25, 0.3) is 0 Å². The Morgan fingerprint density at radius 1 is 1.43 bits per heavy atom. The number of hydrogen-bond donors (Lipinski definition) is 1. The number of rotatable bonds is 1. The molecule has 0 fully saturated rings. The molecule has 0 rings (SSSR count). The monoisotopic (exact) mass is 215 g/mol. The van der Waals surface area contributed by atoms with E-state index in [-0.39, 0.29) is 0 Å². The Kier molecular flexibility index (Phi) is 24.2. The van der Waals surface area contributed by atoms with E-state index in [9.17, 15) is 0 Å². The third kappa shape index (κ3) is 51.5. The predicted octanol–water partition coefficient (Wildman–Crippen LogP) is 1.67. The van der Waals surface area contributed by atoms with Gasteiger partial charge < -0.3 is 5.32 Å². The van der Waals surface area contributed by atoms with Crippen molar-refractivity contribution in [1.82, 2.24) is 5.32 Å². The first-order valence-electron chi connectivity index (χ1n) is 2.47. The fourth-order valence-corrected chi connectivity index (χ4v) is 0. The van der Waals surface area contributed by atoms with E-state index in [1.165, 1.54) is 10.8 Å². The SMILES string of the molecule is CCCI.CNC. The minimum Gasteiger partial charge on any atom is -0.323 e. The molecule has 0 aliphatic heterocycles. The zero-order valence-electron chi connectivity index (χ0n) is 5.29. The lowest BCUT2D eigenvalue weighted by Crippen LogP contribution is -1.89. The van der Waals surface area contributed by atoms with Crippen LogP contribution in [0.2, 0.25) is 0 Å². The van der Waals surface area contributed by atoms with E-state index in [0.717, 1.165) is 0 Å². The van der Waals surface area contributed by atoms with Gasteiger partial charge in [0.25, 0.3) is 0 Å². The molecule has 0 heterocycles. The van der Waals surface area contributed by atoms with E-state index in [1.807, 2.05) is 14.1 Å². The van der Waals surface area contributed by atoms with Gasteiger partial charge in [0.2, 0.25) is 0 Å². The molecular formula is C5H14IN. The van der Waals surface area contributed by atoms with Gasteiger partial charge in [0.15, 0.2) is 0 Å². The molecule has 0 aromatic heterocycles. The summed E-state index contributed by atoms with van der Waals surface area (Å²) in [6, 6.07) is 0. The summed E-state index contributed by atoms with van der Waals surface area (Å²) in [5.74, 6) is 0. The molecule has 0 spiro atoms. The van der Waals surface area contributed by atoms with Gasteiger partial charge in [0.05, 0.1) is 0 Å². The molecule has 0 atom stereocenters. The van der Waals surface area contributed by atoms with Gasteiger partial charge in [-0.1, -0.05) is 29.5 Å². The van der Waals surface area contributed by atoms with Crippen molar-refractivity contribution in [3.8, 4) is 0 Å². The first-order valence-corrected chi connectivity index (χ1v) is 4.00. The molecule has 0 amide bonds. The molecule has 0 aromatic carbocycles. The van der Waals surface area contributed by atoms with Gasteiger partial charge in [0.1, 0.15) is 0 Å². The van der Waals surface area contributed by atoms with Crippen molar-refractivity contribution in [2.24, 2.45) is 0 Å². The highest BCUT2D eigenvalue weighted by Crippen LogP contribution is 1.81. The van der Waals surface area contributed by atoms with E-state index in [1.54, 1.807) is 0 Å². The third-order valence-corrected chi connectivity index (χ3v) is 1.27. The Balaban J connectivity index is 0. The van der Waals surface area contributed by atoms with Gasteiger partial charge >= 0.3 is 0 Å². The Bertz CT molecular complexity index is 15.6. The van der Waals surface area contributed by atoms with Gasteiger partial charge in [-0.05, 0) is 24.9 Å². The lowest BCUT2D eigenvalue weighted by Gasteiger charge is -1.66. The van der Waals surface area contributed by atoms with E-state index >= 15 is 0 Å². The van der Waals surface area contributed by atoms with Crippen molar-refractivity contribution in [2.45, 2.75) is 13.3 Å². The zero-order chi connectivity index (χ0) is 6.12. The summed E-state index contributed by atoms with van der Waals surface area (Å²) in [4.78, 5) is 0. The summed E-state index contributed by atoms with van der Waals surface area (Å²) in [6.07, 6.45) is 1.31. The first-order chi connectivity index (χ1) is 3.33. The zero-order valence-corrected chi connectivity index (χ0v) is 7.45. The van der Waals surface area contributed by atoms with Crippen LogP contribution >= 0.6 is 22.6 Å². The molecule has 1 nitrogen and oxygen atoms in total. The average molecular weight is 215 g/mol. The highest BCUT2D eigenvalue weighted by Gasteiger charge is 1.58. The topological polar surface area (TPSA) is 12.0 Å². The maximum absolute atomic E-state index is 2.75. The minimum atomic E-state index is 1.29. The van der Waals surface area contributed by atoms with Gasteiger partial charge in [-0.25, -0.2) is 0 Å². The number of nitrogens with one attached hydrogen (secondary N) is 1. The standard InChI is InChI=1S/C3H7I.C2H7N/c1-2-3-4;1-3-2/h2-3H2,1H3;3H,1-2H3. The van der Waals surface area contributed by atoms with Crippen molar-refractivity contribution in [2.75, 3.05) is 18.5 Å². The number of alkyl halides is 1. The Hall–Kier alpha value is 0.690. The smallest absolute Gasteiger partial charge is 0.000735 e. The second-order valence-electron chi connectivity index (χ2n) is 1.19. The van der Waals surface area contributed by atoms with Gasteiger partial charge in [-0.15, -0.1) is 0 Å². The molecular weight excluding hydrogens is 201 g/mol. The lowest BCUT2D eigenvalue weighted by atomic mass is 10.6. The van der Waals surface area contributed by atoms with E-state index in [0.29, 0.717) is 0 Å². The summed E-state index contributed by atoms with van der Waals surface area (Å²) in [7, 11) is 3.75. The first kappa shape index (κ1) is 10.6. The molecule has 0 radical (unpaired) electrons. The van der Waals surface area contributed by atoms with Gasteiger partial charge in [-0.3, -0.25) is 0 Å². The molecule has 2 heteroatoms. The van der Waals surface area contributed by atoms with E-state index < -0.39 is 0 Å². The molecule has 0 unspecified atom stereocenters. The van der Waals surface area contributed by atoms with E-state index in [4.69, 9.17) is 0 Å². The number of hydrogen-bond acceptors (Lipinski definition) is 1. The normalized spacial score (nSPS) is 6.86. The van der Waals surface area contributed by atoms with Crippen molar-refractivity contribution in [3.05, 3.63) is 0 Å². The van der Waals surface area contributed by atoms with Crippen molar-refractivity contribution in [1.29, 1.82) is 0 Å². The second-order valence-corrected chi connectivity index (χ2v) is 2.27. The second kappa shape index (κ2) is 15.9. The van der Waals surface area contributed by atoms with Gasteiger partial charge in [0, 0.05) is 0 Å². The van der Waals surface area contributed by atoms with Gasteiger partial charge in [-0.2, -0.15) is 0 Å². The predicted molar refractivity (Wildman–Crippen MR) is 44.2 cm³/mol. The molecule has 1 N–H and O–H groups in total. The van der Waals surface area contributed by atoms with Crippen LogP contribution in [0.1, 0.15) is 13.3 Å². The molecule has 0 aliphatic rings. The lowest BCUT2D eigenvalue weighted by molar-refractivity contribution is 1.02. The molecule has 0 saturated heterocycles. The third-order valence-electron chi connectivity index (χ3n) is 0.189. The summed E-state index contributed by atoms with van der Waals surface area (Å²) in [6.45, 7) is 2.17. The highest BCUT2D eigenvalue weighted by atomic mass is 127. The minimum absolute atomic E-state index is 1.29. The van der Waals surface area contributed by atoms with E-state index in [2.05, 4.69) is 34.8 Å². The summed E-state index contributed by atoms with van der Waals surface area (Å²) in [5, 5.41) is 2.75. The van der Waals surface area contributed by atoms with Crippen LogP contribution in [0.15, 0.2) is 0 Å². The maximum Gasteiger partial charge on any atom is -0.000735 e. The Morgan fingerprint density at radius 3 is 1.57 bits per heavy atom. The van der Waals surface area contributed by atoms with Crippen LogP contribution in [-0.4, -0.2) is 18.5 Å². The summed E-state index contributed by atoms with van der Waals surface area (Å²) >= 11 is 2.35. The average Bonchev–Trinajstić information content (AvgIpc) is 1.69. The molecule has 0 bridgehead atoms. The number of halogens is 1. The summed E-state index contributed by atoms with van der Waals surface area (Å²) < 4.78 is 1.29. The van der Waals surface area contributed by atoms with Crippen molar-refractivity contribution < 1.29 is 0 Å². The van der Waals surface area contributed by atoms with Crippen LogP contribution in [-0.2, 0) is 0 Å². The van der Waals surface area contributed by atoms with Crippen LogP contribution in [0.5, 0.6) is 0 Å². The molecule has 0 saturated carbocycles. The largest absolute Gasteiger partial charge is 0.323 e. The highest BCUT2D eigenvalue weighted by molar-refractivity contribution is 14.1. The Labute approximate surface area is 60.0 Å². The molecule has 0 aliphatic carbocycles. The van der Waals surface area contributed by atoms with Crippen LogP contribution in [0.4, 0.5) is 0 Å². The molecule has 46 valence electrons. The van der Waals surface area contributed by atoms with Crippen molar-refractivity contribution in [3.63, 3.8) is 0 Å². The Morgan fingerprint density at radius 2 is 1.57 bits per heavy atom. The maximum atomic E-state index is 2.75. The summed E-state index contributed by atoms with van der Waals surface area (Å²) in [5.41, 5.74) is 0. The van der Waals surface area contributed by atoms with Crippen LogP contribution < -0.4 is 5.32 Å². The quantitative estimate of drug-likeness (QED) is 0.518. The molecule has 0 aromatic rings.